The van der Waals surface area contributed by atoms with Crippen molar-refractivity contribution in [3.8, 4) is 0 Å². The van der Waals surface area contributed by atoms with Crippen molar-refractivity contribution in [2.45, 2.75) is 23.9 Å². The minimum atomic E-state index is -4.45. The maximum Gasteiger partial charge on any atom is 0.416 e. The molecule has 9 heteroatoms. The van der Waals surface area contributed by atoms with Crippen molar-refractivity contribution in [3.63, 3.8) is 0 Å². The van der Waals surface area contributed by atoms with Crippen LogP contribution in [0.25, 0.3) is 0 Å². The second kappa shape index (κ2) is 9.38. The van der Waals surface area contributed by atoms with Gasteiger partial charge in [0.15, 0.2) is 0 Å². The molecule has 0 saturated heterocycles. The van der Waals surface area contributed by atoms with Crippen molar-refractivity contribution in [1.29, 1.82) is 0 Å². The van der Waals surface area contributed by atoms with E-state index in [1.54, 1.807) is 42.5 Å². The van der Waals surface area contributed by atoms with Crippen LogP contribution in [0.4, 0.5) is 18.9 Å². The molecule has 162 valence electrons. The molecule has 0 aromatic heterocycles. The summed E-state index contributed by atoms with van der Waals surface area (Å²) in [5, 5.41) is 0.487. The summed E-state index contributed by atoms with van der Waals surface area (Å²) >= 11 is 11.1. The van der Waals surface area contributed by atoms with Gasteiger partial charge >= 0.3 is 6.18 Å². The number of rotatable bonds is 7. The molecular formula is C22H17ClF3NO2S2. The lowest BCUT2D eigenvalue weighted by atomic mass is 9.99. The Morgan fingerprint density at radius 2 is 1.52 bits per heavy atom. The van der Waals surface area contributed by atoms with Gasteiger partial charge in [-0.1, -0.05) is 54.2 Å². The van der Waals surface area contributed by atoms with E-state index >= 15 is 0 Å². The number of halogens is 4. The van der Waals surface area contributed by atoms with Gasteiger partial charge in [0.25, 0.3) is 10.0 Å². The molecule has 0 heterocycles. The number of sulfonamides is 1. The van der Waals surface area contributed by atoms with Crippen LogP contribution < -0.4 is 4.72 Å². The van der Waals surface area contributed by atoms with Crippen LogP contribution in [0.5, 0.6) is 0 Å². The molecule has 31 heavy (non-hydrogen) atoms. The zero-order valence-corrected chi connectivity index (χ0v) is 18.4. The van der Waals surface area contributed by atoms with Crippen molar-refractivity contribution in [1.82, 2.24) is 0 Å². The maximum atomic E-state index is 13.1. The summed E-state index contributed by atoms with van der Waals surface area (Å²) in [5.74, 6) is 0. The van der Waals surface area contributed by atoms with E-state index in [2.05, 4.69) is 4.72 Å². The van der Waals surface area contributed by atoms with Gasteiger partial charge < -0.3 is 0 Å². The quantitative estimate of drug-likeness (QED) is 0.400. The van der Waals surface area contributed by atoms with Crippen LogP contribution in [0, 0.1) is 0 Å². The van der Waals surface area contributed by atoms with Gasteiger partial charge in [-0.3, -0.25) is 4.72 Å². The van der Waals surface area contributed by atoms with Crippen molar-refractivity contribution in [2.24, 2.45) is 0 Å². The highest BCUT2D eigenvalue weighted by Crippen LogP contribution is 2.32. The number of hydrogen-bond donors (Lipinski definition) is 1. The van der Waals surface area contributed by atoms with Crippen molar-refractivity contribution in [3.05, 3.63) is 94.5 Å². The Labute approximate surface area is 188 Å². The summed E-state index contributed by atoms with van der Waals surface area (Å²) in [5.41, 5.74) is 0.497. The predicted octanol–water partition coefficient (Wildman–Crippen LogP) is 6.31. The molecule has 0 bridgehead atoms. The first-order valence-corrected chi connectivity index (χ1v) is 11.4. The van der Waals surface area contributed by atoms with E-state index in [1.807, 2.05) is 0 Å². The summed E-state index contributed by atoms with van der Waals surface area (Å²) < 4.78 is 66.9. The topological polar surface area (TPSA) is 46.2 Å². The first-order chi connectivity index (χ1) is 14.5. The average molecular weight is 484 g/mol. The molecule has 0 amide bonds. The Kier molecular flexibility index (Phi) is 7.03. The molecule has 0 spiro atoms. The van der Waals surface area contributed by atoms with Crippen LogP contribution in [-0.4, -0.2) is 13.3 Å². The smallest absolute Gasteiger partial charge is 0.280 e. The summed E-state index contributed by atoms with van der Waals surface area (Å²) in [6.45, 7) is 0. The second-order valence-corrected chi connectivity index (χ2v) is 9.50. The summed E-state index contributed by atoms with van der Waals surface area (Å²) in [7, 11) is -3.79. The molecule has 0 radical (unpaired) electrons. The fourth-order valence-corrected chi connectivity index (χ4v) is 4.48. The van der Waals surface area contributed by atoms with Crippen LogP contribution in [0.1, 0.15) is 16.7 Å². The Morgan fingerprint density at radius 3 is 2.13 bits per heavy atom. The highest BCUT2D eigenvalue weighted by Gasteiger charge is 2.32. The predicted molar refractivity (Wildman–Crippen MR) is 120 cm³/mol. The van der Waals surface area contributed by atoms with Crippen molar-refractivity contribution < 1.29 is 21.6 Å². The van der Waals surface area contributed by atoms with Crippen LogP contribution in [0.15, 0.2) is 77.7 Å². The van der Waals surface area contributed by atoms with E-state index in [0.29, 0.717) is 21.1 Å². The van der Waals surface area contributed by atoms with E-state index in [4.69, 9.17) is 23.8 Å². The van der Waals surface area contributed by atoms with Gasteiger partial charge in [0, 0.05) is 28.4 Å². The minimum Gasteiger partial charge on any atom is -0.280 e. The van der Waals surface area contributed by atoms with Gasteiger partial charge in [-0.25, -0.2) is 8.42 Å². The molecule has 0 aliphatic rings. The van der Waals surface area contributed by atoms with Gasteiger partial charge in [-0.2, -0.15) is 13.2 Å². The number of hydrogen-bond acceptors (Lipinski definition) is 3. The SMILES string of the molecule is O=S(=O)(Nc1ccc(Cl)cc1)c1ccc(CC(=S)Cc2ccccc2C(F)(F)F)cc1. The molecule has 3 nitrogen and oxygen atoms in total. The molecule has 1 N–H and O–H groups in total. The molecule has 3 rings (SSSR count). The fourth-order valence-electron chi connectivity index (χ4n) is 2.97. The average Bonchev–Trinajstić information content (AvgIpc) is 2.69. The molecule has 0 saturated carbocycles. The molecule has 3 aromatic rings. The number of nitrogens with one attached hydrogen (secondary N) is 1. The number of alkyl halides is 3. The van der Waals surface area contributed by atoms with E-state index in [1.165, 1.54) is 24.3 Å². The number of benzene rings is 3. The van der Waals surface area contributed by atoms with E-state index in [0.717, 1.165) is 6.07 Å². The molecule has 0 fully saturated rings. The zero-order valence-electron chi connectivity index (χ0n) is 16.0. The third-order valence-corrected chi connectivity index (χ3v) is 6.38. The molecule has 0 aliphatic heterocycles. The van der Waals surface area contributed by atoms with Gasteiger partial charge in [-0.05, 0) is 53.6 Å². The second-order valence-electron chi connectivity index (χ2n) is 6.80. The standard InChI is InChI=1S/C22H17ClF3NO2S2/c23-17-7-9-18(10-8-17)27-31(28,29)20-11-5-15(6-12-20)13-19(30)14-16-3-1-2-4-21(16)22(24,25)26/h1-12,27H,13-14H2. The lowest BCUT2D eigenvalue weighted by Gasteiger charge is -2.13. The summed E-state index contributed by atoms with van der Waals surface area (Å²) in [4.78, 5) is 0.478. The Bertz CT molecular complexity index is 1180. The van der Waals surface area contributed by atoms with E-state index in [-0.39, 0.29) is 23.3 Å². The summed E-state index contributed by atoms with van der Waals surface area (Å²) in [6.07, 6.45) is -4.19. The molecule has 0 aliphatic carbocycles. The minimum absolute atomic E-state index is 0.00316. The third-order valence-electron chi connectivity index (χ3n) is 4.44. The van der Waals surface area contributed by atoms with Crippen LogP contribution >= 0.6 is 23.8 Å². The first kappa shape index (κ1) is 23.2. The first-order valence-electron chi connectivity index (χ1n) is 9.09. The van der Waals surface area contributed by atoms with Crippen LogP contribution in [-0.2, 0) is 29.0 Å². The van der Waals surface area contributed by atoms with Gasteiger partial charge in [0.2, 0.25) is 0 Å². The fraction of sp³-hybridized carbons (Fsp3) is 0.136. The van der Waals surface area contributed by atoms with Crippen molar-refractivity contribution in [2.75, 3.05) is 4.72 Å². The molecular weight excluding hydrogens is 467 g/mol. The van der Waals surface area contributed by atoms with E-state index < -0.39 is 21.8 Å². The molecule has 3 aromatic carbocycles. The zero-order chi connectivity index (χ0) is 22.6. The highest BCUT2D eigenvalue weighted by atomic mass is 35.5. The van der Waals surface area contributed by atoms with Crippen LogP contribution in [0.3, 0.4) is 0 Å². The number of thiocarbonyl (C=S) groups is 1. The Hall–Kier alpha value is -2.42. The molecule has 0 unspecified atom stereocenters. The Balaban J connectivity index is 1.68. The van der Waals surface area contributed by atoms with Gasteiger partial charge in [-0.15, -0.1) is 0 Å². The Morgan fingerprint density at radius 1 is 0.903 bits per heavy atom. The lowest BCUT2D eigenvalue weighted by Crippen LogP contribution is -2.14. The maximum absolute atomic E-state index is 13.1. The van der Waals surface area contributed by atoms with E-state index in [9.17, 15) is 21.6 Å². The van der Waals surface area contributed by atoms with Gasteiger partial charge in [0.1, 0.15) is 0 Å². The largest absolute Gasteiger partial charge is 0.416 e. The third kappa shape index (κ3) is 6.29. The molecule has 0 atom stereocenters. The summed E-state index contributed by atoms with van der Waals surface area (Å²) in [6, 6.07) is 17.6. The number of anilines is 1. The normalized spacial score (nSPS) is 11.9. The monoisotopic (exact) mass is 483 g/mol. The van der Waals surface area contributed by atoms with Crippen molar-refractivity contribution >= 4 is 44.4 Å². The van der Waals surface area contributed by atoms with Crippen LogP contribution in [0.2, 0.25) is 5.02 Å². The van der Waals surface area contributed by atoms with Gasteiger partial charge in [0.05, 0.1) is 10.5 Å². The highest BCUT2D eigenvalue weighted by molar-refractivity contribution is 7.92. The lowest BCUT2D eigenvalue weighted by molar-refractivity contribution is -0.138.